The second kappa shape index (κ2) is 13.2. The van der Waals surface area contributed by atoms with Crippen LogP contribution in [0.1, 0.15) is 81.8 Å². The molecule has 0 radical (unpaired) electrons. The Hall–Kier alpha value is -3.89. The van der Waals surface area contributed by atoms with Gasteiger partial charge in [0.1, 0.15) is 17.4 Å². The Morgan fingerprint density at radius 2 is 1.76 bits per heavy atom. The maximum Gasteiger partial charge on any atom is 0.339 e. The van der Waals surface area contributed by atoms with Gasteiger partial charge in [-0.3, -0.25) is 14.7 Å². The van der Waals surface area contributed by atoms with Crippen LogP contribution in [0.25, 0.3) is 11.1 Å². The summed E-state index contributed by atoms with van der Waals surface area (Å²) in [7, 11) is 2.85. The van der Waals surface area contributed by atoms with Crippen LogP contribution in [0.4, 0.5) is 8.78 Å². The van der Waals surface area contributed by atoms with E-state index in [0.29, 0.717) is 60.3 Å². The summed E-state index contributed by atoms with van der Waals surface area (Å²) in [6.07, 6.45) is 4.34. The third-order valence-electron chi connectivity index (χ3n) is 9.11. The maximum absolute atomic E-state index is 14.9. The molecule has 10 heteroatoms. The lowest BCUT2D eigenvalue weighted by atomic mass is 9.92. The van der Waals surface area contributed by atoms with Gasteiger partial charge in [0.2, 0.25) is 0 Å². The van der Waals surface area contributed by atoms with Gasteiger partial charge in [0.05, 0.1) is 42.8 Å². The molecule has 1 saturated heterocycles. The molecule has 45 heavy (non-hydrogen) atoms. The van der Waals surface area contributed by atoms with Crippen LogP contribution >= 0.6 is 0 Å². The first-order chi connectivity index (χ1) is 21.8. The minimum absolute atomic E-state index is 0.0827. The minimum Gasteiger partial charge on any atom is -0.494 e. The second-order valence-electron chi connectivity index (χ2n) is 12.0. The van der Waals surface area contributed by atoms with Gasteiger partial charge in [-0.1, -0.05) is 0 Å². The number of fused-ring (bicyclic) bond motifs is 1. The van der Waals surface area contributed by atoms with Crippen molar-refractivity contribution in [1.82, 2.24) is 14.8 Å². The molecule has 8 nitrogen and oxygen atoms in total. The van der Waals surface area contributed by atoms with Crippen molar-refractivity contribution in [3.05, 3.63) is 81.7 Å². The van der Waals surface area contributed by atoms with Crippen molar-refractivity contribution in [2.75, 3.05) is 40.5 Å². The molecule has 0 unspecified atom stereocenters. The number of rotatable bonds is 10. The topological polar surface area (TPSA) is 81.2 Å². The fraction of sp³-hybridized carbons (Fsp3) is 0.457. The van der Waals surface area contributed by atoms with Gasteiger partial charge in [-0.25, -0.2) is 13.6 Å². The Bertz CT molecular complexity index is 1600. The van der Waals surface area contributed by atoms with Gasteiger partial charge in [0.15, 0.2) is 0 Å². The summed E-state index contributed by atoms with van der Waals surface area (Å²) in [5.74, 6) is -0.736. The van der Waals surface area contributed by atoms with Crippen LogP contribution in [-0.4, -0.2) is 73.2 Å². The lowest BCUT2D eigenvalue weighted by molar-refractivity contribution is 0.0542. The molecule has 0 N–H and O–H groups in total. The molecular weight excluding hydrogens is 580 g/mol. The SMILES string of the molecule is CCOc1cc(-c2ccc(F)cc2F)c(C2CC2)cc1CN1CCC(N2CCc3nc(COC)c(C(=O)OC)cc3C2=O)CC1. The summed E-state index contributed by atoms with van der Waals surface area (Å²) >= 11 is 0. The Morgan fingerprint density at radius 3 is 2.42 bits per heavy atom. The lowest BCUT2D eigenvalue weighted by Gasteiger charge is -2.40. The molecule has 2 fully saturated rings. The average Bonchev–Trinajstić information content (AvgIpc) is 3.88. The van der Waals surface area contributed by atoms with Gasteiger partial charge in [-0.05, 0) is 80.0 Å². The minimum atomic E-state index is -0.594. The number of piperidine rings is 1. The second-order valence-corrected chi connectivity index (χ2v) is 12.0. The van der Waals surface area contributed by atoms with Gasteiger partial charge in [0.25, 0.3) is 5.91 Å². The van der Waals surface area contributed by atoms with Crippen molar-refractivity contribution in [2.24, 2.45) is 0 Å². The molecule has 1 amide bonds. The molecule has 0 bridgehead atoms. The van der Waals surface area contributed by atoms with Crippen LogP contribution < -0.4 is 4.74 Å². The van der Waals surface area contributed by atoms with E-state index in [-0.39, 0.29) is 24.1 Å². The number of amides is 1. The first-order valence-electron chi connectivity index (χ1n) is 15.7. The van der Waals surface area contributed by atoms with Crippen molar-refractivity contribution in [1.29, 1.82) is 0 Å². The number of nitrogens with zero attached hydrogens (tertiary/aromatic N) is 3. The fourth-order valence-electron chi connectivity index (χ4n) is 6.69. The highest BCUT2D eigenvalue weighted by Crippen LogP contribution is 2.47. The Balaban J connectivity index is 1.18. The van der Waals surface area contributed by atoms with Crippen molar-refractivity contribution in [3.8, 4) is 16.9 Å². The number of likely N-dealkylation sites (tertiary alicyclic amines) is 1. The molecule has 1 saturated carbocycles. The highest BCUT2D eigenvalue weighted by molar-refractivity contribution is 6.00. The number of carbonyl (C=O) groups is 2. The lowest BCUT2D eigenvalue weighted by Crippen LogP contribution is -2.50. The van der Waals surface area contributed by atoms with E-state index in [1.165, 1.54) is 26.4 Å². The molecule has 3 aromatic rings. The number of methoxy groups -OCH3 is 2. The van der Waals surface area contributed by atoms with Crippen molar-refractivity contribution < 1.29 is 32.6 Å². The predicted octanol–water partition coefficient (Wildman–Crippen LogP) is 5.90. The van der Waals surface area contributed by atoms with Crippen LogP contribution in [0, 0.1) is 11.6 Å². The normalized spacial score (nSPS) is 17.4. The van der Waals surface area contributed by atoms with E-state index in [1.807, 2.05) is 17.9 Å². The summed E-state index contributed by atoms with van der Waals surface area (Å²) < 4.78 is 44.8. The average molecular weight is 620 g/mol. The highest BCUT2D eigenvalue weighted by Gasteiger charge is 2.35. The number of benzene rings is 2. The summed E-state index contributed by atoms with van der Waals surface area (Å²) in [5, 5.41) is 0. The van der Waals surface area contributed by atoms with Crippen LogP contribution in [0.3, 0.4) is 0 Å². The van der Waals surface area contributed by atoms with E-state index in [1.54, 1.807) is 6.07 Å². The Labute approximate surface area is 262 Å². The van der Waals surface area contributed by atoms with Crippen LogP contribution in [0.2, 0.25) is 0 Å². The van der Waals surface area contributed by atoms with Gasteiger partial charge in [0, 0.05) is 62.9 Å². The number of ether oxygens (including phenoxy) is 3. The van der Waals surface area contributed by atoms with E-state index < -0.39 is 17.6 Å². The molecule has 0 atom stereocenters. The summed E-state index contributed by atoms with van der Waals surface area (Å²) in [4.78, 5) is 35.0. The third kappa shape index (κ3) is 6.44. The van der Waals surface area contributed by atoms with Crippen molar-refractivity contribution in [2.45, 2.75) is 64.1 Å². The van der Waals surface area contributed by atoms with Gasteiger partial charge in [-0.15, -0.1) is 0 Å². The predicted molar refractivity (Wildman–Crippen MR) is 164 cm³/mol. The quantitative estimate of drug-likeness (QED) is 0.262. The Morgan fingerprint density at radius 1 is 0.978 bits per heavy atom. The molecule has 3 heterocycles. The molecule has 1 aliphatic carbocycles. The van der Waals surface area contributed by atoms with Crippen LogP contribution in [0.5, 0.6) is 5.75 Å². The van der Waals surface area contributed by atoms with E-state index in [9.17, 15) is 18.4 Å². The number of halogens is 2. The van der Waals surface area contributed by atoms with Crippen LogP contribution in [0.15, 0.2) is 36.4 Å². The molecule has 6 rings (SSSR count). The van der Waals surface area contributed by atoms with E-state index >= 15 is 0 Å². The number of hydrogen-bond acceptors (Lipinski definition) is 7. The smallest absolute Gasteiger partial charge is 0.339 e. The molecule has 2 aromatic carbocycles. The molecule has 1 aromatic heterocycles. The van der Waals surface area contributed by atoms with Gasteiger partial charge < -0.3 is 19.1 Å². The number of carbonyl (C=O) groups excluding carboxylic acids is 2. The molecular formula is C35H39F2N3O5. The summed E-state index contributed by atoms with van der Waals surface area (Å²) in [5.41, 5.74) is 5.17. The Kier molecular flexibility index (Phi) is 9.14. The largest absolute Gasteiger partial charge is 0.494 e. The monoisotopic (exact) mass is 619 g/mol. The number of aromatic nitrogens is 1. The molecule has 3 aliphatic rings. The molecule has 0 spiro atoms. The highest BCUT2D eigenvalue weighted by atomic mass is 19.1. The van der Waals surface area contributed by atoms with E-state index in [0.717, 1.165) is 61.5 Å². The summed E-state index contributed by atoms with van der Waals surface area (Å²) in [6, 6.07) is 9.52. The van der Waals surface area contributed by atoms with Gasteiger partial charge >= 0.3 is 5.97 Å². The molecule has 2 aliphatic heterocycles. The first-order valence-corrected chi connectivity index (χ1v) is 15.7. The zero-order valence-corrected chi connectivity index (χ0v) is 26.0. The number of pyridine rings is 1. The third-order valence-corrected chi connectivity index (χ3v) is 9.11. The fourth-order valence-corrected chi connectivity index (χ4v) is 6.69. The number of hydrogen-bond donors (Lipinski definition) is 0. The van der Waals surface area contributed by atoms with Crippen molar-refractivity contribution in [3.63, 3.8) is 0 Å². The first kappa shape index (κ1) is 31.1. The van der Waals surface area contributed by atoms with Gasteiger partial charge in [-0.2, -0.15) is 0 Å². The van der Waals surface area contributed by atoms with E-state index in [4.69, 9.17) is 14.2 Å². The zero-order chi connectivity index (χ0) is 31.7. The standard InChI is InChI=1S/C35H39F2N3O5/c1-4-45-33-18-27(25-8-7-23(36)16-30(25)37)26(21-5-6-21)15-22(33)19-39-12-9-24(10-13-39)40-14-11-31-28(34(40)41)17-29(35(42)44-3)32(38-31)20-43-2/h7-8,15-18,21,24H,4-6,9-14,19-20H2,1-3H3. The van der Waals surface area contributed by atoms with Crippen LogP contribution in [-0.2, 0) is 29.0 Å². The van der Waals surface area contributed by atoms with E-state index in [2.05, 4.69) is 16.0 Å². The molecule has 238 valence electrons. The number of esters is 1. The van der Waals surface area contributed by atoms with Crippen molar-refractivity contribution >= 4 is 11.9 Å². The maximum atomic E-state index is 14.9. The summed E-state index contributed by atoms with van der Waals surface area (Å²) in [6.45, 7) is 5.43. The zero-order valence-electron chi connectivity index (χ0n) is 26.0.